The molecular weight excluding hydrogens is 326 g/mol. The van der Waals surface area contributed by atoms with Crippen molar-refractivity contribution < 1.29 is 4.79 Å². The summed E-state index contributed by atoms with van der Waals surface area (Å²) in [4.78, 5) is 19.3. The molecule has 0 bridgehead atoms. The predicted molar refractivity (Wildman–Crippen MR) is 101 cm³/mol. The number of pyridine rings is 1. The lowest BCUT2D eigenvalue weighted by Gasteiger charge is -2.26. The zero-order valence-electron chi connectivity index (χ0n) is 14.8. The summed E-state index contributed by atoms with van der Waals surface area (Å²) in [6.07, 6.45) is 7.31. The van der Waals surface area contributed by atoms with Gasteiger partial charge in [0.2, 0.25) is 0 Å². The van der Waals surface area contributed by atoms with E-state index < -0.39 is 0 Å². The maximum atomic E-state index is 12.7. The third kappa shape index (κ3) is 3.46. The number of nitrogens with one attached hydrogen (secondary N) is 1. The van der Waals surface area contributed by atoms with Gasteiger partial charge in [0.15, 0.2) is 5.69 Å². The van der Waals surface area contributed by atoms with Crippen molar-refractivity contribution in [2.75, 3.05) is 26.2 Å². The number of nitrogens with zero attached hydrogens (tertiary/aromatic N) is 4. The molecule has 26 heavy (non-hydrogen) atoms. The van der Waals surface area contributed by atoms with Gasteiger partial charge in [-0.15, -0.1) is 0 Å². The van der Waals surface area contributed by atoms with Gasteiger partial charge in [-0.25, -0.2) is 4.68 Å². The van der Waals surface area contributed by atoms with E-state index in [0.29, 0.717) is 12.2 Å². The molecule has 6 nitrogen and oxygen atoms in total. The molecule has 1 aliphatic heterocycles. The molecule has 0 aliphatic carbocycles. The molecule has 1 saturated heterocycles. The van der Waals surface area contributed by atoms with Crippen molar-refractivity contribution in [2.45, 2.75) is 19.3 Å². The van der Waals surface area contributed by atoms with Crippen LogP contribution >= 0.6 is 0 Å². The standard InChI is InChI=1S/C20H23N5O/c26-20(22-11-14-24-12-4-1-5-13-24)19-17-8-2-3-9-18(17)25(23-19)16-7-6-10-21-15-16/h2-3,6-10,15H,1,4-5,11-14H2,(H,22,26). The van der Waals surface area contributed by atoms with Gasteiger partial charge in [-0.2, -0.15) is 5.10 Å². The molecule has 0 spiro atoms. The van der Waals surface area contributed by atoms with E-state index in [4.69, 9.17) is 0 Å². The summed E-state index contributed by atoms with van der Waals surface area (Å²) in [5.41, 5.74) is 2.21. The van der Waals surface area contributed by atoms with Crippen LogP contribution in [0.4, 0.5) is 0 Å². The van der Waals surface area contributed by atoms with E-state index in [-0.39, 0.29) is 5.91 Å². The van der Waals surface area contributed by atoms with Crippen LogP contribution < -0.4 is 5.32 Å². The molecule has 3 heterocycles. The Bertz CT molecular complexity index is 884. The zero-order chi connectivity index (χ0) is 17.8. The van der Waals surface area contributed by atoms with Gasteiger partial charge in [-0.3, -0.25) is 9.78 Å². The first-order valence-corrected chi connectivity index (χ1v) is 9.21. The van der Waals surface area contributed by atoms with Gasteiger partial charge in [0, 0.05) is 24.7 Å². The molecule has 1 fully saturated rings. The van der Waals surface area contributed by atoms with Gasteiger partial charge in [-0.1, -0.05) is 24.6 Å². The highest BCUT2D eigenvalue weighted by Crippen LogP contribution is 2.21. The number of rotatable bonds is 5. The topological polar surface area (TPSA) is 63.1 Å². The van der Waals surface area contributed by atoms with Crippen molar-refractivity contribution in [1.29, 1.82) is 0 Å². The average molecular weight is 349 g/mol. The van der Waals surface area contributed by atoms with E-state index in [0.717, 1.165) is 36.2 Å². The second kappa shape index (κ2) is 7.66. The molecule has 134 valence electrons. The Hall–Kier alpha value is -2.73. The molecule has 1 aliphatic rings. The van der Waals surface area contributed by atoms with Gasteiger partial charge in [0.1, 0.15) is 0 Å². The third-order valence-corrected chi connectivity index (χ3v) is 4.86. The number of amides is 1. The maximum Gasteiger partial charge on any atom is 0.272 e. The van der Waals surface area contributed by atoms with Gasteiger partial charge in [0.05, 0.1) is 17.4 Å². The Labute approximate surface area is 152 Å². The summed E-state index contributed by atoms with van der Waals surface area (Å²) in [6.45, 7) is 3.81. The first kappa shape index (κ1) is 16.7. The average Bonchev–Trinajstić information content (AvgIpc) is 3.09. The van der Waals surface area contributed by atoms with Crippen molar-refractivity contribution in [3.8, 4) is 5.69 Å². The van der Waals surface area contributed by atoms with Crippen LogP contribution in [0.3, 0.4) is 0 Å². The Balaban J connectivity index is 1.53. The number of piperidine rings is 1. The van der Waals surface area contributed by atoms with Gasteiger partial charge < -0.3 is 10.2 Å². The minimum absolute atomic E-state index is 0.124. The van der Waals surface area contributed by atoms with Gasteiger partial charge in [-0.05, 0) is 44.1 Å². The normalized spacial score (nSPS) is 15.2. The zero-order valence-corrected chi connectivity index (χ0v) is 14.8. The van der Waals surface area contributed by atoms with E-state index >= 15 is 0 Å². The van der Waals surface area contributed by atoms with Crippen LogP contribution in [0.5, 0.6) is 0 Å². The molecule has 1 amide bonds. The lowest BCUT2D eigenvalue weighted by Crippen LogP contribution is -2.37. The highest BCUT2D eigenvalue weighted by Gasteiger charge is 2.18. The lowest BCUT2D eigenvalue weighted by atomic mass is 10.1. The van der Waals surface area contributed by atoms with E-state index in [9.17, 15) is 4.79 Å². The summed E-state index contributed by atoms with van der Waals surface area (Å²) in [7, 11) is 0. The van der Waals surface area contributed by atoms with E-state index in [1.54, 1.807) is 17.1 Å². The molecule has 0 atom stereocenters. The number of hydrogen-bond acceptors (Lipinski definition) is 4. The summed E-state index contributed by atoms with van der Waals surface area (Å²) in [5, 5.41) is 8.46. The third-order valence-electron chi connectivity index (χ3n) is 4.86. The second-order valence-electron chi connectivity index (χ2n) is 6.65. The molecule has 0 saturated carbocycles. The fraction of sp³-hybridized carbons (Fsp3) is 0.350. The van der Waals surface area contributed by atoms with Gasteiger partial charge in [0.25, 0.3) is 5.91 Å². The Kier molecular flexibility index (Phi) is 4.93. The summed E-state index contributed by atoms with van der Waals surface area (Å²) in [6, 6.07) is 11.6. The highest BCUT2D eigenvalue weighted by atomic mass is 16.1. The molecular formula is C20H23N5O. The molecule has 3 aromatic rings. The summed E-state index contributed by atoms with van der Waals surface area (Å²) >= 11 is 0. The second-order valence-corrected chi connectivity index (χ2v) is 6.65. The number of carbonyl (C=O) groups excluding carboxylic acids is 1. The van der Waals surface area contributed by atoms with E-state index in [1.165, 1.54) is 19.3 Å². The number of hydrogen-bond donors (Lipinski definition) is 1. The van der Waals surface area contributed by atoms with Crippen LogP contribution in [-0.2, 0) is 0 Å². The smallest absolute Gasteiger partial charge is 0.272 e. The number of aromatic nitrogens is 3. The van der Waals surface area contributed by atoms with Crippen molar-refractivity contribution in [2.24, 2.45) is 0 Å². The Morgan fingerprint density at radius 2 is 1.92 bits per heavy atom. The Morgan fingerprint density at radius 3 is 2.73 bits per heavy atom. The number of fused-ring (bicyclic) bond motifs is 1. The molecule has 1 N–H and O–H groups in total. The van der Waals surface area contributed by atoms with Crippen molar-refractivity contribution >= 4 is 16.8 Å². The fourth-order valence-electron chi connectivity index (χ4n) is 3.50. The molecule has 1 aromatic carbocycles. The quantitative estimate of drug-likeness (QED) is 0.769. The van der Waals surface area contributed by atoms with E-state index in [1.807, 2.05) is 36.4 Å². The molecule has 0 unspecified atom stereocenters. The molecule has 4 rings (SSSR count). The van der Waals surface area contributed by atoms with Crippen LogP contribution in [0.15, 0.2) is 48.8 Å². The van der Waals surface area contributed by atoms with Crippen LogP contribution in [0.2, 0.25) is 0 Å². The summed E-state index contributed by atoms with van der Waals surface area (Å²) in [5.74, 6) is -0.124. The van der Waals surface area contributed by atoms with Crippen LogP contribution in [-0.4, -0.2) is 51.8 Å². The number of likely N-dealkylation sites (tertiary alicyclic amines) is 1. The highest BCUT2D eigenvalue weighted by molar-refractivity contribution is 6.05. The van der Waals surface area contributed by atoms with Crippen LogP contribution in [0, 0.1) is 0 Å². The minimum Gasteiger partial charge on any atom is -0.349 e. The number of carbonyl (C=O) groups is 1. The van der Waals surface area contributed by atoms with E-state index in [2.05, 4.69) is 20.3 Å². The van der Waals surface area contributed by atoms with Crippen LogP contribution in [0.25, 0.3) is 16.6 Å². The van der Waals surface area contributed by atoms with Crippen molar-refractivity contribution in [3.63, 3.8) is 0 Å². The largest absolute Gasteiger partial charge is 0.349 e. The number of para-hydroxylation sites is 1. The van der Waals surface area contributed by atoms with Crippen LogP contribution in [0.1, 0.15) is 29.8 Å². The molecule has 2 aromatic heterocycles. The minimum atomic E-state index is -0.124. The first-order valence-electron chi connectivity index (χ1n) is 9.21. The fourth-order valence-corrected chi connectivity index (χ4v) is 3.50. The van der Waals surface area contributed by atoms with Gasteiger partial charge >= 0.3 is 0 Å². The Morgan fingerprint density at radius 1 is 1.08 bits per heavy atom. The monoisotopic (exact) mass is 349 g/mol. The lowest BCUT2D eigenvalue weighted by molar-refractivity contribution is 0.0942. The first-order chi connectivity index (χ1) is 12.8. The maximum absolute atomic E-state index is 12.7. The van der Waals surface area contributed by atoms with Crippen molar-refractivity contribution in [1.82, 2.24) is 25.0 Å². The molecule has 6 heteroatoms. The van der Waals surface area contributed by atoms with Crippen molar-refractivity contribution in [3.05, 3.63) is 54.5 Å². The number of benzene rings is 1. The predicted octanol–water partition coefficient (Wildman–Crippen LogP) is 2.64. The molecule has 0 radical (unpaired) electrons. The SMILES string of the molecule is O=C(NCCN1CCCCC1)c1nn(-c2cccnc2)c2ccccc12. The summed E-state index contributed by atoms with van der Waals surface area (Å²) < 4.78 is 1.78.